The highest BCUT2D eigenvalue weighted by Gasteiger charge is 2.10. The topological polar surface area (TPSA) is 70.6 Å². The smallest absolute Gasteiger partial charge is 0.218 e. The first-order valence-electron chi connectivity index (χ1n) is 3.43. The monoisotopic (exact) mass is 205 g/mol. The molecular weight excluding hydrogens is 199 g/mol. The number of guanidine groups is 1. The van der Waals surface area contributed by atoms with Crippen LogP contribution >= 0.6 is 0 Å². The van der Waals surface area contributed by atoms with Gasteiger partial charge in [0.25, 0.3) is 0 Å². The van der Waals surface area contributed by atoms with E-state index in [4.69, 9.17) is 10.9 Å². The third kappa shape index (κ3) is 2.13. The molecule has 0 bridgehead atoms. The number of aliphatic imine (C=N–C) groups is 1. The Morgan fingerprint density at radius 3 is 2.21 bits per heavy atom. The number of halogens is 3. The van der Waals surface area contributed by atoms with Crippen molar-refractivity contribution in [1.29, 1.82) is 0 Å². The Morgan fingerprint density at radius 1 is 1.29 bits per heavy atom. The van der Waals surface area contributed by atoms with E-state index in [1.807, 2.05) is 0 Å². The fourth-order valence-corrected chi connectivity index (χ4v) is 0.787. The maximum atomic E-state index is 12.9. The van der Waals surface area contributed by atoms with Crippen LogP contribution in [0, 0.1) is 17.5 Å². The van der Waals surface area contributed by atoms with Gasteiger partial charge in [0.1, 0.15) is 11.5 Å². The van der Waals surface area contributed by atoms with Gasteiger partial charge in [0.15, 0.2) is 11.6 Å². The number of rotatable bonds is 1. The third-order valence-electron chi connectivity index (χ3n) is 1.33. The van der Waals surface area contributed by atoms with E-state index in [9.17, 15) is 13.2 Å². The lowest BCUT2D eigenvalue weighted by Gasteiger charge is -2.01. The van der Waals surface area contributed by atoms with Crippen molar-refractivity contribution < 1.29 is 18.4 Å². The van der Waals surface area contributed by atoms with Gasteiger partial charge in [0, 0.05) is 12.1 Å². The number of nitrogens with one attached hydrogen (secondary N) is 1. The predicted molar refractivity (Wildman–Crippen MR) is 42.5 cm³/mol. The van der Waals surface area contributed by atoms with Crippen molar-refractivity contribution in [3.8, 4) is 0 Å². The number of nitrogens with zero attached hydrogens (tertiary/aromatic N) is 1. The SMILES string of the molecule is NC(=Nc1c(F)cc(F)cc1F)NO. The summed E-state index contributed by atoms with van der Waals surface area (Å²) in [6, 6.07) is 0.902. The average Bonchev–Trinajstić information content (AvgIpc) is 2.10. The molecule has 0 aromatic heterocycles. The van der Waals surface area contributed by atoms with E-state index >= 15 is 0 Å². The molecule has 0 amide bonds. The van der Waals surface area contributed by atoms with Crippen molar-refractivity contribution in [2.24, 2.45) is 10.7 Å². The summed E-state index contributed by atoms with van der Waals surface area (Å²) in [4.78, 5) is 3.13. The van der Waals surface area contributed by atoms with Crippen molar-refractivity contribution >= 4 is 11.6 Å². The number of benzene rings is 1. The lowest BCUT2D eigenvalue weighted by Crippen LogP contribution is -2.27. The molecule has 0 aliphatic heterocycles. The molecular formula is C7H6F3N3O. The third-order valence-corrected chi connectivity index (χ3v) is 1.33. The van der Waals surface area contributed by atoms with Crippen molar-refractivity contribution in [3.63, 3.8) is 0 Å². The highest BCUT2D eigenvalue weighted by atomic mass is 19.1. The van der Waals surface area contributed by atoms with Gasteiger partial charge in [-0.25, -0.2) is 23.6 Å². The van der Waals surface area contributed by atoms with Crippen LogP contribution in [-0.2, 0) is 0 Å². The molecule has 0 aliphatic carbocycles. The Bertz CT molecular complexity index is 357. The lowest BCUT2D eigenvalue weighted by molar-refractivity contribution is 0.233. The van der Waals surface area contributed by atoms with Gasteiger partial charge in [-0.05, 0) is 0 Å². The Labute approximate surface area is 76.8 Å². The van der Waals surface area contributed by atoms with Crippen LogP contribution < -0.4 is 11.2 Å². The fourth-order valence-electron chi connectivity index (χ4n) is 0.787. The zero-order chi connectivity index (χ0) is 10.7. The molecule has 0 radical (unpaired) electrons. The predicted octanol–water partition coefficient (Wildman–Crippen LogP) is 1.03. The first kappa shape index (κ1) is 10.3. The summed E-state index contributed by atoms with van der Waals surface area (Å²) in [5, 5.41) is 8.21. The van der Waals surface area contributed by atoms with Gasteiger partial charge in [-0.3, -0.25) is 5.21 Å². The molecule has 0 spiro atoms. The van der Waals surface area contributed by atoms with Crippen LogP contribution in [0.1, 0.15) is 0 Å². The van der Waals surface area contributed by atoms with Gasteiger partial charge < -0.3 is 5.73 Å². The van der Waals surface area contributed by atoms with Crippen molar-refractivity contribution in [2.45, 2.75) is 0 Å². The Balaban J connectivity index is 3.21. The van der Waals surface area contributed by atoms with Crippen LogP contribution in [0.3, 0.4) is 0 Å². The lowest BCUT2D eigenvalue weighted by atomic mass is 10.3. The van der Waals surface area contributed by atoms with Crippen molar-refractivity contribution in [2.75, 3.05) is 0 Å². The second-order valence-electron chi connectivity index (χ2n) is 2.33. The van der Waals surface area contributed by atoms with E-state index in [2.05, 4.69) is 4.99 Å². The molecule has 76 valence electrons. The number of hydrogen-bond donors (Lipinski definition) is 3. The summed E-state index contributed by atoms with van der Waals surface area (Å²) in [6.07, 6.45) is 0. The van der Waals surface area contributed by atoms with Crippen LogP contribution in [0.5, 0.6) is 0 Å². The van der Waals surface area contributed by atoms with Gasteiger partial charge in [-0.1, -0.05) is 0 Å². The fraction of sp³-hybridized carbons (Fsp3) is 0. The van der Waals surface area contributed by atoms with E-state index in [1.54, 1.807) is 0 Å². The molecule has 0 unspecified atom stereocenters. The number of hydroxylamine groups is 1. The molecule has 1 rings (SSSR count). The van der Waals surface area contributed by atoms with Gasteiger partial charge in [-0.2, -0.15) is 0 Å². The van der Waals surface area contributed by atoms with E-state index in [1.165, 1.54) is 5.48 Å². The zero-order valence-corrected chi connectivity index (χ0v) is 6.76. The molecule has 0 heterocycles. The molecule has 14 heavy (non-hydrogen) atoms. The molecule has 0 saturated carbocycles. The first-order valence-corrected chi connectivity index (χ1v) is 3.43. The average molecular weight is 205 g/mol. The molecule has 4 nitrogen and oxygen atoms in total. The Hall–Kier alpha value is -1.76. The Morgan fingerprint density at radius 2 is 1.79 bits per heavy atom. The minimum Gasteiger partial charge on any atom is -0.368 e. The molecule has 4 N–H and O–H groups in total. The summed E-state index contributed by atoms with van der Waals surface area (Å²) in [5.74, 6) is -4.08. The standard InChI is InChI=1S/C7H6F3N3O/c8-3-1-4(9)6(5(10)2-3)12-7(11)13-14/h1-2,14H,(H3,11,12,13). The first-order chi connectivity index (χ1) is 6.54. The summed E-state index contributed by atoms with van der Waals surface area (Å²) in [7, 11) is 0. The highest BCUT2D eigenvalue weighted by Crippen LogP contribution is 2.22. The van der Waals surface area contributed by atoms with E-state index in [0.29, 0.717) is 12.1 Å². The summed E-state index contributed by atoms with van der Waals surface area (Å²) in [5.41, 5.74) is 5.55. The molecule has 0 fully saturated rings. The van der Waals surface area contributed by atoms with Crippen LogP contribution in [0.4, 0.5) is 18.9 Å². The summed E-state index contributed by atoms with van der Waals surface area (Å²) in [6.45, 7) is 0. The van der Waals surface area contributed by atoms with E-state index in [0.717, 1.165) is 0 Å². The molecule has 1 aromatic rings. The molecule has 1 aromatic carbocycles. The Kier molecular flexibility index (Phi) is 2.92. The second kappa shape index (κ2) is 3.97. The minimum absolute atomic E-state index is 0.451. The normalized spacial score (nSPS) is 11.6. The van der Waals surface area contributed by atoms with E-state index < -0.39 is 29.1 Å². The molecule has 0 atom stereocenters. The van der Waals surface area contributed by atoms with Crippen LogP contribution in [0.15, 0.2) is 17.1 Å². The van der Waals surface area contributed by atoms with Crippen molar-refractivity contribution in [3.05, 3.63) is 29.6 Å². The second-order valence-corrected chi connectivity index (χ2v) is 2.33. The summed E-state index contributed by atoms with van der Waals surface area (Å²) >= 11 is 0. The van der Waals surface area contributed by atoms with Gasteiger partial charge in [0.05, 0.1) is 0 Å². The van der Waals surface area contributed by atoms with E-state index in [-0.39, 0.29) is 0 Å². The molecule has 0 saturated heterocycles. The van der Waals surface area contributed by atoms with Gasteiger partial charge in [0.2, 0.25) is 5.96 Å². The molecule has 7 heteroatoms. The summed E-state index contributed by atoms with van der Waals surface area (Å²) < 4.78 is 38.1. The van der Waals surface area contributed by atoms with Crippen LogP contribution in [0.25, 0.3) is 0 Å². The zero-order valence-electron chi connectivity index (χ0n) is 6.76. The minimum atomic E-state index is -1.21. The molecule has 0 aliphatic rings. The maximum Gasteiger partial charge on any atom is 0.218 e. The number of hydrogen-bond acceptors (Lipinski definition) is 2. The highest BCUT2D eigenvalue weighted by molar-refractivity contribution is 5.79. The quantitative estimate of drug-likeness (QED) is 0.364. The van der Waals surface area contributed by atoms with Crippen molar-refractivity contribution in [1.82, 2.24) is 5.48 Å². The van der Waals surface area contributed by atoms with Crippen LogP contribution in [-0.4, -0.2) is 11.2 Å². The number of nitrogens with two attached hydrogens (primary N) is 1. The van der Waals surface area contributed by atoms with Crippen LogP contribution in [0.2, 0.25) is 0 Å². The maximum absolute atomic E-state index is 12.9. The van der Waals surface area contributed by atoms with Gasteiger partial charge in [-0.15, -0.1) is 0 Å². The largest absolute Gasteiger partial charge is 0.368 e. The van der Waals surface area contributed by atoms with Gasteiger partial charge >= 0.3 is 0 Å².